The van der Waals surface area contributed by atoms with Crippen molar-refractivity contribution in [2.75, 3.05) is 31.9 Å². The number of hydrogen-bond acceptors (Lipinski definition) is 5. The lowest BCUT2D eigenvalue weighted by Gasteiger charge is -2.17. The van der Waals surface area contributed by atoms with Gasteiger partial charge in [-0.1, -0.05) is 0 Å². The average molecular weight is 404 g/mol. The van der Waals surface area contributed by atoms with Crippen molar-refractivity contribution in [3.8, 4) is 17.2 Å². The number of nitrogens with one attached hydrogen (secondary N) is 1. The zero-order valence-corrected chi connectivity index (χ0v) is 17.0. The first-order valence-electron chi connectivity index (χ1n) is 9.26. The van der Waals surface area contributed by atoms with Gasteiger partial charge in [-0.3, -0.25) is 9.00 Å². The molecule has 2 aromatic rings. The number of aryl methyl sites for hydroxylation is 1. The molecule has 1 heterocycles. The number of ether oxygens (including phenoxy) is 3. The van der Waals surface area contributed by atoms with Crippen LogP contribution in [0.15, 0.2) is 41.3 Å². The topological polar surface area (TPSA) is 73.9 Å². The maximum Gasteiger partial charge on any atom is 0.224 e. The summed E-state index contributed by atoms with van der Waals surface area (Å²) >= 11 is 0. The Morgan fingerprint density at radius 1 is 1.00 bits per heavy atom. The van der Waals surface area contributed by atoms with Crippen molar-refractivity contribution in [1.82, 2.24) is 0 Å². The Kier molecular flexibility index (Phi) is 6.92. The third-order valence-electron chi connectivity index (χ3n) is 4.58. The van der Waals surface area contributed by atoms with E-state index in [-0.39, 0.29) is 5.91 Å². The van der Waals surface area contributed by atoms with Crippen molar-refractivity contribution < 1.29 is 23.2 Å². The van der Waals surface area contributed by atoms with E-state index in [2.05, 4.69) is 5.32 Å². The van der Waals surface area contributed by atoms with Gasteiger partial charge in [-0.2, -0.15) is 0 Å². The fourth-order valence-electron chi connectivity index (χ4n) is 3.05. The third-order valence-corrected chi connectivity index (χ3v) is 6.02. The van der Waals surface area contributed by atoms with Crippen molar-refractivity contribution in [3.05, 3.63) is 42.0 Å². The first-order chi connectivity index (χ1) is 13.6. The van der Waals surface area contributed by atoms with Crippen molar-refractivity contribution in [2.45, 2.75) is 30.6 Å². The van der Waals surface area contributed by atoms with E-state index < -0.39 is 10.8 Å². The Bertz CT molecular complexity index is 868. The number of rotatable bonds is 9. The molecule has 0 fully saturated rings. The van der Waals surface area contributed by atoms with Crippen LogP contribution in [0.4, 0.5) is 5.69 Å². The number of amides is 1. The molecule has 0 aromatic heterocycles. The van der Waals surface area contributed by atoms with Crippen LogP contribution in [0.3, 0.4) is 0 Å². The number of carbonyl (C=O) groups excluding carboxylic acids is 1. The van der Waals surface area contributed by atoms with E-state index in [0.717, 1.165) is 41.2 Å². The summed E-state index contributed by atoms with van der Waals surface area (Å²) in [4.78, 5) is 12.1. The number of carbonyl (C=O) groups is 1. The summed E-state index contributed by atoms with van der Waals surface area (Å²) < 4.78 is 28.7. The van der Waals surface area contributed by atoms with E-state index in [9.17, 15) is 9.00 Å². The highest BCUT2D eigenvalue weighted by Crippen LogP contribution is 2.29. The summed E-state index contributed by atoms with van der Waals surface area (Å²) in [5.74, 6) is 2.64. The first-order valence-corrected chi connectivity index (χ1v) is 10.6. The molecule has 0 aliphatic carbocycles. The quantitative estimate of drug-likeness (QED) is 0.648. The summed E-state index contributed by atoms with van der Waals surface area (Å²) in [6, 6.07) is 11.1. The van der Waals surface area contributed by atoms with Gasteiger partial charge in [0.1, 0.15) is 5.75 Å². The molecule has 3 rings (SSSR count). The van der Waals surface area contributed by atoms with Crippen LogP contribution in [0.25, 0.3) is 0 Å². The van der Waals surface area contributed by atoms with Crippen LogP contribution in [-0.4, -0.2) is 36.7 Å². The van der Waals surface area contributed by atoms with Crippen LogP contribution >= 0.6 is 0 Å². The van der Waals surface area contributed by atoms with E-state index in [1.54, 1.807) is 32.4 Å². The number of unbranched alkanes of at least 4 members (excludes halogenated alkanes) is 1. The summed E-state index contributed by atoms with van der Waals surface area (Å²) in [6.45, 7) is 0.564. The Labute approximate surface area is 167 Å². The normalized spacial score (nSPS) is 14.0. The van der Waals surface area contributed by atoms with Gasteiger partial charge in [0.2, 0.25) is 5.91 Å². The second-order valence-corrected chi connectivity index (χ2v) is 8.06. The molecule has 1 N–H and O–H groups in total. The Hall–Kier alpha value is -2.54. The predicted molar refractivity (Wildman–Crippen MR) is 109 cm³/mol. The third kappa shape index (κ3) is 5.04. The fourth-order valence-corrected chi connectivity index (χ4v) is 4.21. The molecule has 0 bridgehead atoms. The molecule has 1 atom stereocenters. The molecule has 28 heavy (non-hydrogen) atoms. The molecule has 6 nitrogen and oxygen atoms in total. The Morgan fingerprint density at radius 2 is 1.82 bits per heavy atom. The van der Waals surface area contributed by atoms with E-state index in [1.807, 2.05) is 18.2 Å². The molecule has 150 valence electrons. The molecule has 0 saturated heterocycles. The maximum absolute atomic E-state index is 12.5. The van der Waals surface area contributed by atoms with Crippen LogP contribution in [0.2, 0.25) is 0 Å². The lowest BCUT2D eigenvalue weighted by molar-refractivity contribution is -0.116. The monoisotopic (exact) mass is 403 g/mol. The highest BCUT2D eigenvalue weighted by Gasteiger charge is 2.15. The average Bonchev–Trinajstić information content (AvgIpc) is 2.72. The van der Waals surface area contributed by atoms with Crippen LogP contribution in [0.5, 0.6) is 17.2 Å². The summed E-state index contributed by atoms with van der Waals surface area (Å²) in [5, 5.41) is 2.86. The number of benzene rings is 2. The zero-order valence-electron chi connectivity index (χ0n) is 16.2. The van der Waals surface area contributed by atoms with Gasteiger partial charge in [0.05, 0.1) is 31.6 Å². The van der Waals surface area contributed by atoms with Gasteiger partial charge in [0.15, 0.2) is 11.5 Å². The molecule has 1 unspecified atom stereocenters. The number of fused-ring (bicyclic) bond motifs is 1. The van der Waals surface area contributed by atoms with Gasteiger partial charge >= 0.3 is 0 Å². The van der Waals surface area contributed by atoms with Gasteiger partial charge in [-0.15, -0.1) is 0 Å². The summed E-state index contributed by atoms with van der Waals surface area (Å²) in [6.07, 6.45) is 2.86. The SMILES string of the molecule is COc1ccc(S(=O)CCCCOc2ccc3c(c2)CCC(=O)N3)cc1OC. The summed E-state index contributed by atoms with van der Waals surface area (Å²) in [7, 11) is 2.05. The minimum absolute atomic E-state index is 0.0589. The van der Waals surface area contributed by atoms with Crippen LogP contribution in [0.1, 0.15) is 24.8 Å². The maximum atomic E-state index is 12.5. The Morgan fingerprint density at radius 3 is 2.61 bits per heavy atom. The van der Waals surface area contributed by atoms with Gasteiger partial charge in [-0.25, -0.2) is 0 Å². The second kappa shape index (κ2) is 9.59. The van der Waals surface area contributed by atoms with Gasteiger partial charge in [0, 0.05) is 28.8 Å². The van der Waals surface area contributed by atoms with E-state index in [0.29, 0.717) is 30.3 Å². The van der Waals surface area contributed by atoms with Crippen molar-refractivity contribution in [1.29, 1.82) is 0 Å². The highest BCUT2D eigenvalue weighted by molar-refractivity contribution is 7.85. The molecule has 1 aliphatic rings. The zero-order chi connectivity index (χ0) is 19.9. The minimum atomic E-state index is -1.09. The molecule has 7 heteroatoms. The molecule has 0 saturated carbocycles. The molecular formula is C21H25NO5S. The van der Waals surface area contributed by atoms with Crippen molar-refractivity contribution in [2.24, 2.45) is 0 Å². The molecule has 2 aromatic carbocycles. The van der Waals surface area contributed by atoms with Crippen LogP contribution in [-0.2, 0) is 22.0 Å². The largest absolute Gasteiger partial charge is 0.494 e. The first kappa shape index (κ1) is 20.2. The number of methoxy groups -OCH3 is 2. The lowest BCUT2D eigenvalue weighted by atomic mass is 10.0. The minimum Gasteiger partial charge on any atom is -0.494 e. The molecule has 1 aliphatic heterocycles. The van der Waals surface area contributed by atoms with Gasteiger partial charge < -0.3 is 19.5 Å². The summed E-state index contributed by atoms with van der Waals surface area (Å²) in [5.41, 5.74) is 1.97. The predicted octanol–water partition coefficient (Wildman–Crippen LogP) is 3.56. The highest BCUT2D eigenvalue weighted by atomic mass is 32.2. The molecular weight excluding hydrogens is 378 g/mol. The van der Waals surface area contributed by atoms with Crippen molar-refractivity contribution in [3.63, 3.8) is 0 Å². The fraction of sp³-hybridized carbons (Fsp3) is 0.381. The van der Waals surface area contributed by atoms with E-state index >= 15 is 0 Å². The van der Waals surface area contributed by atoms with E-state index in [1.165, 1.54) is 0 Å². The number of hydrogen-bond donors (Lipinski definition) is 1. The number of anilines is 1. The second-order valence-electron chi connectivity index (χ2n) is 6.49. The lowest BCUT2D eigenvalue weighted by Crippen LogP contribution is -2.18. The molecule has 0 radical (unpaired) electrons. The molecule has 0 spiro atoms. The van der Waals surface area contributed by atoms with Crippen molar-refractivity contribution >= 4 is 22.4 Å². The van der Waals surface area contributed by atoms with E-state index in [4.69, 9.17) is 14.2 Å². The van der Waals surface area contributed by atoms with Crippen LogP contribution < -0.4 is 19.5 Å². The standard InChI is InChI=1S/C21H25NO5S/c1-25-19-9-7-17(14-20(19)26-2)28(24)12-4-3-11-27-16-6-8-18-15(13-16)5-10-21(23)22-18/h6-9,13-14H,3-5,10-12H2,1-2H3,(H,22,23). The molecule has 1 amide bonds. The van der Waals surface area contributed by atoms with Crippen LogP contribution in [0, 0.1) is 0 Å². The Balaban J connectivity index is 1.43. The van der Waals surface area contributed by atoms with Gasteiger partial charge in [0.25, 0.3) is 0 Å². The van der Waals surface area contributed by atoms with Gasteiger partial charge in [-0.05, 0) is 55.2 Å². The smallest absolute Gasteiger partial charge is 0.224 e.